The summed E-state index contributed by atoms with van der Waals surface area (Å²) >= 11 is 0. The van der Waals surface area contributed by atoms with Crippen LogP contribution >= 0.6 is 0 Å². The maximum Gasteiger partial charge on any atom is 0.126 e. The second kappa shape index (κ2) is 5.22. The molecule has 0 heterocycles. The molecule has 19 heavy (non-hydrogen) atoms. The largest absolute Gasteiger partial charge is 0.507 e. The van der Waals surface area contributed by atoms with E-state index in [1.54, 1.807) is 25.3 Å². The van der Waals surface area contributed by atoms with Gasteiger partial charge in [0.05, 0.1) is 5.69 Å². The quantitative estimate of drug-likeness (QED) is 0.803. The minimum atomic E-state index is -0.227. The molecule has 0 saturated heterocycles. The molecular formula is C16H16FNO. The molecule has 0 atom stereocenters. The molecule has 3 heteroatoms. The highest BCUT2D eigenvalue weighted by Gasteiger charge is 2.02. The lowest BCUT2D eigenvalue weighted by molar-refractivity contribution is 0.467. The lowest BCUT2D eigenvalue weighted by atomic mass is 10.1. The maximum atomic E-state index is 13.1. The second-order valence-electron chi connectivity index (χ2n) is 4.69. The fourth-order valence-corrected chi connectivity index (χ4v) is 1.92. The number of hydrogen-bond donors (Lipinski definition) is 1. The summed E-state index contributed by atoms with van der Waals surface area (Å²) in [5, 5.41) is 9.70. The molecule has 0 fully saturated rings. The fraction of sp³-hybridized carbons (Fsp3) is 0.188. The molecule has 0 saturated carbocycles. The SMILES string of the molecule is Cc1cc(N=Cc2cc(C)c(O)c(C)c2)ccc1F. The van der Waals surface area contributed by atoms with Crippen LogP contribution in [0.1, 0.15) is 22.3 Å². The van der Waals surface area contributed by atoms with Gasteiger partial charge in [-0.15, -0.1) is 0 Å². The van der Waals surface area contributed by atoms with Gasteiger partial charge in [-0.3, -0.25) is 4.99 Å². The van der Waals surface area contributed by atoms with Crippen LogP contribution in [0.2, 0.25) is 0 Å². The Balaban J connectivity index is 2.30. The molecule has 2 nitrogen and oxygen atoms in total. The number of halogens is 1. The number of hydrogen-bond acceptors (Lipinski definition) is 2. The van der Waals surface area contributed by atoms with Crippen LogP contribution in [0.3, 0.4) is 0 Å². The maximum absolute atomic E-state index is 13.1. The van der Waals surface area contributed by atoms with Gasteiger partial charge < -0.3 is 5.11 Å². The number of rotatable bonds is 2. The molecule has 0 amide bonds. The Morgan fingerprint density at radius 3 is 2.21 bits per heavy atom. The Hall–Kier alpha value is -2.16. The summed E-state index contributed by atoms with van der Waals surface area (Å²) in [5.41, 5.74) is 3.83. The third-order valence-corrected chi connectivity index (χ3v) is 3.02. The third-order valence-electron chi connectivity index (χ3n) is 3.02. The summed E-state index contributed by atoms with van der Waals surface area (Å²) in [6.07, 6.45) is 1.71. The summed E-state index contributed by atoms with van der Waals surface area (Å²) in [6.45, 7) is 5.41. The van der Waals surface area contributed by atoms with Crippen molar-refractivity contribution in [1.82, 2.24) is 0 Å². The Kier molecular flexibility index (Phi) is 3.65. The zero-order valence-electron chi connectivity index (χ0n) is 11.2. The van der Waals surface area contributed by atoms with Gasteiger partial charge in [0.25, 0.3) is 0 Å². The highest BCUT2D eigenvalue weighted by atomic mass is 19.1. The molecule has 0 unspecified atom stereocenters. The summed E-state index contributed by atoms with van der Waals surface area (Å²) in [4.78, 5) is 4.32. The van der Waals surface area contributed by atoms with Gasteiger partial charge in [0, 0.05) is 6.21 Å². The standard InChI is InChI=1S/C16H16FNO/c1-10-8-14(4-5-15(10)17)18-9-13-6-11(2)16(19)12(3)7-13/h4-9,19H,1-3H3. The summed E-state index contributed by atoms with van der Waals surface area (Å²) in [6, 6.07) is 8.48. The minimum Gasteiger partial charge on any atom is -0.507 e. The average Bonchev–Trinajstić information content (AvgIpc) is 2.37. The van der Waals surface area contributed by atoms with Crippen molar-refractivity contribution < 1.29 is 9.50 Å². The number of phenolic OH excluding ortho intramolecular Hbond substituents is 1. The molecular weight excluding hydrogens is 241 g/mol. The van der Waals surface area contributed by atoms with Gasteiger partial charge in [0.2, 0.25) is 0 Å². The van der Waals surface area contributed by atoms with Crippen LogP contribution in [-0.4, -0.2) is 11.3 Å². The predicted molar refractivity (Wildman–Crippen MR) is 76.0 cm³/mol. The molecule has 0 spiro atoms. The predicted octanol–water partition coefficient (Wildman–Crippen LogP) is 4.21. The van der Waals surface area contributed by atoms with Gasteiger partial charge >= 0.3 is 0 Å². The second-order valence-corrected chi connectivity index (χ2v) is 4.69. The van der Waals surface area contributed by atoms with E-state index in [0.29, 0.717) is 17.0 Å². The van der Waals surface area contributed by atoms with Crippen molar-refractivity contribution in [2.24, 2.45) is 4.99 Å². The van der Waals surface area contributed by atoms with E-state index in [-0.39, 0.29) is 5.82 Å². The van der Waals surface area contributed by atoms with Crippen molar-refractivity contribution in [1.29, 1.82) is 0 Å². The lowest BCUT2D eigenvalue weighted by Crippen LogP contribution is -1.87. The van der Waals surface area contributed by atoms with Crippen LogP contribution in [-0.2, 0) is 0 Å². The first-order valence-electron chi connectivity index (χ1n) is 6.08. The van der Waals surface area contributed by atoms with Crippen molar-refractivity contribution >= 4 is 11.9 Å². The molecule has 0 aliphatic heterocycles. The molecule has 98 valence electrons. The van der Waals surface area contributed by atoms with Crippen LogP contribution in [0, 0.1) is 26.6 Å². The Morgan fingerprint density at radius 1 is 1.00 bits per heavy atom. The fourth-order valence-electron chi connectivity index (χ4n) is 1.92. The average molecular weight is 257 g/mol. The molecule has 2 aromatic carbocycles. The molecule has 0 aliphatic carbocycles. The topological polar surface area (TPSA) is 32.6 Å². The first kappa shape index (κ1) is 13.3. The summed E-state index contributed by atoms with van der Waals surface area (Å²) in [7, 11) is 0. The van der Waals surface area contributed by atoms with E-state index in [4.69, 9.17) is 0 Å². The highest BCUT2D eigenvalue weighted by Crippen LogP contribution is 2.23. The van der Waals surface area contributed by atoms with Crippen LogP contribution in [0.15, 0.2) is 35.3 Å². The van der Waals surface area contributed by atoms with Crippen LogP contribution in [0.4, 0.5) is 10.1 Å². The van der Waals surface area contributed by atoms with Crippen molar-refractivity contribution in [2.45, 2.75) is 20.8 Å². The number of aryl methyl sites for hydroxylation is 3. The van der Waals surface area contributed by atoms with E-state index < -0.39 is 0 Å². The highest BCUT2D eigenvalue weighted by molar-refractivity contribution is 5.83. The van der Waals surface area contributed by atoms with Crippen molar-refractivity contribution in [2.75, 3.05) is 0 Å². The van der Waals surface area contributed by atoms with Gasteiger partial charge in [0.1, 0.15) is 11.6 Å². The van der Waals surface area contributed by atoms with Gasteiger partial charge in [-0.2, -0.15) is 0 Å². The Morgan fingerprint density at radius 2 is 1.63 bits per heavy atom. The van der Waals surface area contributed by atoms with Crippen LogP contribution in [0.5, 0.6) is 5.75 Å². The summed E-state index contributed by atoms with van der Waals surface area (Å²) < 4.78 is 13.1. The van der Waals surface area contributed by atoms with Crippen molar-refractivity contribution in [3.05, 3.63) is 58.4 Å². The first-order valence-corrected chi connectivity index (χ1v) is 6.08. The molecule has 0 radical (unpaired) electrons. The normalized spacial score (nSPS) is 11.2. The van der Waals surface area contributed by atoms with Crippen molar-refractivity contribution in [3.63, 3.8) is 0 Å². The van der Waals surface area contributed by atoms with Gasteiger partial charge in [0.15, 0.2) is 0 Å². The Bertz CT molecular complexity index is 624. The van der Waals surface area contributed by atoms with E-state index in [9.17, 15) is 9.50 Å². The number of phenols is 1. The molecule has 2 rings (SSSR count). The molecule has 0 aliphatic rings. The smallest absolute Gasteiger partial charge is 0.126 e. The zero-order valence-corrected chi connectivity index (χ0v) is 11.2. The van der Waals surface area contributed by atoms with Gasteiger partial charge in [-0.25, -0.2) is 4.39 Å². The first-order chi connectivity index (χ1) is 8.97. The number of aliphatic imine (C=N–C) groups is 1. The lowest BCUT2D eigenvalue weighted by Gasteiger charge is -2.04. The van der Waals surface area contributed by atoms with E-state index in [2.05, 4.69) is 4.99 Å². The zero-order chi connectivity index (χ0) is 14.0. The van der Waals surface area contributed by atoms with Crippen molar-refractivity contribution in [3.8, 4) is 5.75 Å². The van der Waals surface area contributed by atoms with E-state index in [1.807, 2.05) is 26.0 Å². The summed E-state index contributed by atoms with van der Waals surface area (Å²) in [5.74, 6) is 0.0880. The number of benzene rings is 2. The van der Waals surface area contributed by atoms with E-state index in [0.717, 1.165) is 16.7 Å². The monoisotopic (exact) mass is 257 g/mol. The Labute approximate surface area is 112 Å². The number of aromatic hydroxyl groups is 1. The van der Waals surface area contributed by atoms with Gasteiger partial charge in [-0.05, 0) is 73.4 Å². The molecule has 0 bridgehead atoms. The van der Waals surface area contributed by atoms with Crippen LogP contribution < -0.4 is 0 Å². The molecule has 2 aromatic rings. The third kappa shape index (κ3) is 2.99. The van der Waals surface area contributed by atoms with E-state index in [1.165, 1.54) is 6.07 Å². The molecule has 0 aromatic heterocycles. The minimum absolute atomic E-state index is 0.227. The number of nitrogens with zero attached hydrogens (tertiary/aromatic N) is 1. The molecule has 1 N–H and O–H groups in total. The van der Waals surface area contributed by atoms with E-state index >= 15 is 0 Å². The van der Waals surface area contributed by atoms with Crippen LogP contribution in [0.25, 0.3) is 0 Å². The van der Waals surface area contributed by atoms with Gasteiger partial charge in [-0.1, -0.05) is 0 Å².